The zero-order valence-electron chi connectivity index (χ0n) is 17.5. The van der Waals surface area contributed by atoms with E-state index < -0.39 is 0 Å². The number of hydrogen-bond acceptors (Lipinski definition) is 1. The lowest BCUT2D eigenvalue weighted by Crippen LogP contribution is -2.50. The predicted molar refractivity (Wildman–Crippen MR) is 108 cm³/mol. The molecule has 0 bridgehead atoms. The molecule has 146 valence electrons. The fourth-order valence-corrected chi connectivity index (χ4v) is 11.6. The van der Waals surface area contributed by atoms with Gasteiger partial charge in [0.1, 0.15) is 0 Å². The minimum Gasteiger partial charge on any atom is -0.384 e. The molecule has 0 saturated heterocycles. The van der Waals surface area contributed by atoms with Crippen LogP contribution in [0.5, 0.6) is 0 Å². The van der Waals surface area contributed by atoms with Gasteiger partial charge in [0, 0.05) is 15.1 Å². The normalized spacial score (nSPS) is 63.5. The number of methoxy groups -OCH3 is 1. The summed E-state index contributed by atoms with van der Waals surface area (Å²) in [6.45, 7) is 13.0. The topological polar surface area (TPSA) is 9.23 Å². The van der Waals surface area contributed by atoms with E-state index in [0.717, 1.165) is 46.5 Å². The van der Waals surface area contributed by atoms with Gasteiger partial charge in [0.25, 0.3) is 0 Å². The molecule has 1 nitrogen and oxygen atoms in total. The van der Waals surface area contributed by atoms with Crippen LogP contribution in [-0.4, -0.2) is 13.7 Å². The zero-order valence-corrected chi connectivity index (χ0v) is 17.5. The third kappa shape index (κ3) is 1.28. The van der Waals surface area contributed by atoms with E-state index in [0.29, 0.717) is 10.8 Å². The molecule has 0 aromatic carbocycles. The molecule has 26 heavy (non-hydrogen) atoms. The van der Waals surface area contributed by atoms with Crippen LogP contribution in [0.1, 0.15) is 80.0 Å². The number of rotatable bonds is 4. The first-order chi connectivity index (χ1) is 12.4. The van der Waals surface area contributed by atoms with Gasteiger partial charge in [0.2, 0.25) is 0 Å². The Hall–Kier alpha value is -0.300. The summed E-state index contributed by atoms with van der Waals surface area (Å²) < 4.78 is 5.59. The first kappa shape index (κ1) is 16.6. The minimum absolute atomic E-state index is 0. The summed E-state index contributed by atoms with van der Waals surface area (Å²) >= 11 is 0. The molecule has 0 N–H and O–H groups in total. The highest BCUT2D eigenvalue weighted by molar-refractivity contribution is 5.56. The van der Waals surface area contributed by atoms with Gasteiger partial charge in [-0.3, -0.25) is 0 Å². The fourth-order valence-electron chi connectivity index (χ4n) is 11.6. The van der Waals surface area contributed by atoms with Gasteiger partial charge in [-0.1, -0.05) is 32.4 Å². The summed E-state index contributed by atoms with van der Waals surface area (Å²) in [6, 6.07) is 0. The largest absolute Gasteiger partial charge is 0.384 e. The number of allylic oxidation sites excluding steroid dienone is 1. The van der Waals surface area contributed by atoms with Crippen LogP contribution in [0.2, 0.25) is 0 Å². The molecule has 9 atom stereocenters. The van der Waals surface area contributed by atoms with E-state index in [1.54, 1.807) is 12.8 Å². The second-order valence-electron chi connectivity index (χ2n) is 11.8. The molecule has 0 amide bonds. The van der Waals surface area contributed by atoms with E-state index in [4.69, 9.17) is 4.74 Å². The second-order valence-corrected chi connectivity index (χ2v) is 11.8. The van der Waals surface area contributed by atoms with E-state index in [2.05, 4.69) is 27.4 Å². The highest BCUT2D eigenvalue weighted by atomic mass is 16.5. The Morgan fingerprint density at radius 3 is 2.65 bits per heavy atom. The monoisotopic (exact) mass is 356 g/mol. The Morgan fingerprint density at radius 1 is 1.15 bits per heavy atom. The third-order valence-electron chi connectivity index (χ3n) is 11.9. The van der Waals surface area contributed by atoms with Crippen molar-refractivity contribution >= 4 is 0 Å². The van der Waals surface area contributed by atoms with Crippen LogP contribution in [0, 0.1) is 50.7 Å². The van der Waals surface area contributed by atoms with Crippen molar-refractivity contribution in [1.29, 1.82) is 0 Å². The van der Waals surface area contributed by atoms with Gasteiger partial charge in [-0.05, 0) is 109 Å². The van der Waals surface area contributed by atoms with Gasteiger partial charge in [-0.25, -0.2) is 0 Å². The maximum atomic E-state index is 5.59. The van der Waals surface area contributed by atoms with Crippen molar-refractivity contribution < 1.29 is 6.16 Å². The molecule has 6 saturated carbocycles. The van der Waals surface area contributed by atoms with Gasteiger partial charge in [-0.2, -0.15) is 0 Å². The molecule has 0 radical (unpaired) electrons. The van der Waals surface area contributed by atoms with Crippen molar-refractivity contribution in [1.82, 2.24) is 0 Å². The lowest BCUT2D eigenvalue weighted by molar-refractivity contribution is -0.0809. The fraction of sp³-hybridized carbons (Fsp3) is 0.920. The van der Waals surface area contributed by atoms with E-state index in [-0.39, 0.29) is 1.43 Å². The Balaban J connectivity index is 0.00000160. The van der Waals surface area contributed by atoms with E-state index in [1.807, 2.05) is 7.11 Å². The van der Waals surface area contributed by atoms with Crippen molar-refractivity contribution in [3.05, 3.63) is 12.2 Å². The summed E-state index contributed by atoms with van der Waals surface area (Å²) in [5.74, 6) is 3.81. The van der Waals surface area contributed by atoms with Crippen molar-refractivity contribution in [2.24, 2.45) is 50.7 Å². The van der Waals surface area contributed by atoms with Crippen molar-refractivity contribution in [2.75, 3.05) is 13.7 Å². The van der Waals surface area contributed by atoms with Gasteiger partial charge in [0.05, 0.1) is 0 Å². The molecule has 0 aromatic rings. The standard InChI is InChI=1S/C25H38O.H2/c1-6-22-13-17(14-26-5)7-8-19(22)23-12-11-21(4)18(16(2)3)9-10-24(21)20(23)25(23,24)15-22;/h17-20H,2,6-15H2,1,3-5H3;1H/t17-,18+,19-,20+,21+,22-,23?,24?,25?;/m0./s1. The Morgan fingerprint density at radius 2 is 1.96 bits per heavy atom. The molecule has 0 aromatic heterocycles. The quantitative estimate of drug-likeness (QED) is 0.523. The third-order valence-corrected chi connectivity index (χ3v) is 11.9. The van der Waals surface area contributed by atoms with Crippen molar-refractivity contribution in [2.45, 2.75) is 78.6 Å². The first-order valence-electron chi connectivity index (χ1n) is 11.5. The Labute approximate surface area is 161 Å². The molecule has 6 aliphatic carbocycles. The predicted octanol–water partition coefficient (Wildman–Crippen LogP) is 6.48. The molecule has 0 heterocycles. The van der Waals surface area contributed by atoms with Crippen LogP contribution in [0.3, 0.4) is 0 Å². The smallest absolute Gasteiger partial charge is 0.0490 e. The Kier molecular flexibility index (Phi) is 2.86. The summed E-state index contributed by atoms with van der Waals surface area (Å²) in [7, 11) is 1.90. The van der Waals surface area contributed by atoms with Gasteiger partial charge in [0.15, 0.2) is 0 Å². The number of hydrogen-bond donors (Lipinski definition) is 0. The average molecular weight is 357 g/mol. The van der Waals surface area contributed by atoms with Crippen LogP contribution in [-0.2, 0) is 4.74 Å². The minimum atomic E-state index is 0. The molecule has 6 rings (SSSR count). The van der Waals surface area contributed by atoms with Crippen LogP contribution in [0.4, 0.5) is 0 Å². The highest BCUT2D eigenvalue weighted by Crippen LogP contribution is 3.14. The maximum Gasteiger partial charge on any atom is 0.0490 e. The first-order valence-corrected chi connectivity index (χ1v) is 11.5. The molecular weight excluding hydrogens is 316 g/mol. The van der Waals surface area contributed by atoms with E-state index in [9.17, 15) is 0 Å². The van der Waals surface area contributed by atoms with Crippen molar-refractivity contribution in [3.63, 3.8) is 0 Å². The number of ether oxygens (including phenoxy) is 1. The SMILES string of the molecule is C=C(C)[C@H]1CCC23[C@H]4C5(CC[C@]12C)[C@H]1CC[C@H](COC)C[C@@]1(CC)CC453.[HH]. The van der Waals surface area contributed by atoms with Crippen LogP contribution in [0.15, 0.2) is 12.2 Å². The lowest BCUT2D eigenvalue weighted by Gasteiger charge is -2.56. The van der Waals surface area contributed by atoms with Crippen LogP contribution in [0.25, 0.3) is 0 Å². The highest BCUT2D eigenvalue weighted by Gasteiger charge is 3.09. The summed E-state index contributed by atoms with van der Waals surface area (Å²) in [5, 5.41) is 0. The van der Waals surface area contributed by atoms with Gasteiger partial charge in [-0.15, -0.1) is 0 Å². The van der Waals surface area contributed by atoms with Crippen molar-refractivity contribution in [3.8, 4) is 0 Å². The van der Waals surface area contributed by atoms with Crippen LogP contribution >= 0.6 is 0 Å². The molecule has 6 fully saturated rings. The summed E-state index contributed by atoms with van der Waals surface area (Å²) in [5.41, 5.74) is 5.04. The summed E-state index contributed by atoms with van der Waals surface area (Å²) in [6.07, 6.45) is 13.4. The molecule has 3 unspecified atom stereocenters. The zero-order chi connectivity index (χ0) is 18.2. The van der Waals surface area contributed by atoms with E-state index in [1.165, 1.54) is 50.5 Å². The maximum absolute atomic E-state index is 5.59. The Bertz CT molecular complexity index is 702. The molecule has 3 spiro atoms. The number of fused-ring (bicyclic) bond motifs is 1. The average Bonchev–Trinajstić information content (AvgIpc) is 3.31. The van der Waals surface area contributed by atoms with E-state index >= 15 is 0 Å². The summed E-state index contributed by atoms with van der Waals surface area (Å²) in [4.78, 5) is 0. The van der Waals surface area contributed by atoms with Gasteiger partial charge < -0.3 is 4.74 Å². The molecule has 6 aliphatic rings. The molecule has 1 heteroatoms. The second kappa shape index (κ2) is 4.47. The lowest BCUT2D eigenvalue weighted by atomic mass is 9.48. The molecular formula is C25H40O. The molecule has 0 aliphatic heterocycles. The van der Waals surface area contributed by atoms with Crippen LogP contribution < -0.4 is 0 Å². The van der Waals surface area contributed by atoms with Gasteiger partial charge >= 0.3 is 0 Å².